The van der Waals surface area contributed by atoms with Crippen molar-refractivity contribution in [2.75, 3.05) is 14.2 Å². The molecule has 0 atom stereocenters. The van der Waals surface area contributed by atoms with Gasteiger partial charge in [0.2, 0.25) is 10.0 Å². The Morgan fingerprint density at radius 2 is 1.86 bits per heavy atom. The van der Waals surface area contributed by atoms with Crippen molar-refractivity contribution < 1.29 is 13.2 Å². The normalized spacial score (nSPS) is 11.7. The molecular formula is C15H15Cl2NO3S. The van der Waals surface area contributed by atoms with Crippen molar-refractivity contribution in [2.45, 2.75) is 11.4 Å². The highest BCUT2D eigenvalue weighted by Crippen LogP contribution is 2.28. The molecular weight excluding hydrogens is 345 g/mol. The van der Waals surface area contributed by atoms with Crippen LogP contribution in [0.2, 0.25) is 10.0 Å². The highest BCUT2D eigenvalue weighted by Gasteiger charge is 2.24. The quantitative estimate of drug-likeness (QED) is 0.814. The highest BCUT2D eigenvalue weighted by molar-refractivity contribution is 7.89. The van der Waals surface area contributed by atoms with Crippen LogP contribution in [0, 0.1) is 0 Å². The minimum Gasteiger partial charge on any atom is -0.497 e. The van der Waals surface area contributed by atoms with Gasteiger partial charge in [-0.25, -0.2) is 8.42 Å². The Balaban J connectivity index is 2.30. The lowest BCUT2D eigenvalue weighted by molar-refractivity contribution is 0.412. The minimum absolute atomic E-state index is 0.00735. The van der Waals surface area contributed by atoms with Gasteiger partial charge in [-0.2, -0.15) is 4.31 Å². The number of hydrogen-bond donors (Lipinski definition) is 0. The molecule has 0 aliphatic heterocycles. The molecule has 22 heavy (non-hydrogen) atoms. The van der Waals surface area contributed by atoms with E-state index in [9.17, 15) is 8.42 Å². The van der Waals surface area contributed by atoms with Crippen LogP contribution in [0.25, 0.3) is 0 Å². The van der Waals surface area contributed by atoms with E-state index in [1.807, 2.05) is 6.07 Å². The van der Waals surface area contributed by atoms with Crippen LogP contribution in [-0.4, -0.2) is 26.9 Å². The van der Waals surface area contributed by atoms with Gasteiger partial charge >= 0.3 is 0 Å². The van der Waals surface area contributed by atoms with Gasteiger partial charge in [-0.1, -0.05) is 35.3 Å². The van der Waals surface area contributed by atoms with Gasteiger partial charge < -0.3 is 4.74 Å². The fraction of sp³-hybridized carbons (Fsp3) is 0.200. The standard InChI is InChI=1S/C15H15Cl2NO3S/c1-18(10-11-4-3-5-13(8-11)21-2)22(19,20)15-9-12(16)6-7-14(15)17/h3-9H,10H2,1-2H3. The molecule has 2 aromatic rings. The number of rotatable bonds is 5. The molecule has 0 aromatic heterocycles. The van der Waals surface area contributed by atoms with Crippen molar-refractivity contribution in [3.05, 3.63) is 58.1 Å². The van der Waals surface area contributed by atoms with E-state index in [0.29, 0.717) is 10.8 Å². The van der Waals surface area contributed by atoms with Gasteiger partial charge in [0.05, 0.1) is 12.1 Å². The van der Waals surface area contributed by atoms with Crippen LogP contribution in [-0.2, 0) is 16.6 Å². The summed E-state index contributed by atoms with van der Waals surface area (Å²) < 4.78 is 31.6. The Morgan fingerprint density at radius 3 is 2.55 bits per heavy atom. The number of methoxy groups -OCH3 is 1. The molecule has 2 aromatic carbocycles. The van der Waals surface area contributed by atoms with Crippen molar-refractivity contribution in [1.82, 2.24) is 4.31 Å². The summed E-state index contributed by atoms with van der Waals surface area (Å²) >= 11 is 11.9. The molecule has 0 fully saturated rings. The molecule has 0 spiro atoms. The first-order valence-electron chi connectivity index (χ1n) is 6.39. The van der Waals surface area contributed by atoms with E-state index in [2.05, 4.69) is 0 Å². The lowest BCUT2D eigenvalue weighted by atomic mass is 10.2. The van der Waals surface area contributed by atoms with Crippen LogP contribution in [0.3, 0.4) is 0 Å². The maximum absolute atomic E-state index is 12.6. The van der Waals surface area contributed by atoms with Crippen LogP contribution in [0.5, 0.6) is 5.75 Å². The van der Waals surface area contributed by atoms with Crippen molar-refractivity contribution in [3.8, 4) is 5.75 Å². The topological polar surface area (TPSA) is 46.6 Å². The van der Waals surface area contributed by atoms with Crippen LogP contribution < -0.4 is 4.74 Å². The first kappa shape index (κ1) is 17.1. The van der Waals surface area contributed by atoms with Crippen molar-refractivity contribution in [2.24, 2.45) is 0 Å². The van der Waals surface area contributed by atoms with Gasteiger partial charge in [0.1, 0.15) is 10.6 Å². The highest BCUT2D eigenvalue weighted by atomic mass is 35.5. The first-order chi connectivity index (χ1) is 10.3. The van der Waals surface area contributed by atoms with Gasteiger partial charge in [0, 0.05) is 18.6 Å². The van der Waals surface area contributed by atoms with Gasteiger partial charge in [0.15, 0.2) is 0 Å². The average Bonchev–Trinajstić information content (AvgIpc) is 2.49. The molecule has 0 amide bonds. The largest absolute Gasteiger partial charge is 0.497 e. The van der Waals surface area contributed by atoms with Gasteiger partial charge in [-0.15, -0.1) is 0 Å². The lowest BCUT2D eigenvalue weighted by Crippen LogP contribution is -2.26. The molecule has 0 heterocycles. The molecule has 0 radical (unpaired) electrons. The number of hydrogen-bond acceptors (Lipinski definition) is 3. The average molecular weight is 360 g/mol. The molecule has 118 valence electrons. The molecule has 0 aliphatic carbocycles. The number of halogens is 2. The van der Waals surface area contributed by atoms with Gasteiger partial charge in [-0.05, 0) is 35.9 Å². The van der Waals surface area contributed by atoms with Crippen molar-refractivity contribution in [3.63, 3.8) is 0 Å². The molecule has 0 N–H and O–H groups in total. The number of sulfonamides is 1. The Hall–Kier alpha value is -1.27. The second-order valence-corrected chi connectivity index (χ2v) is 7.54. The second kappa shape index (κ2) is 6.87. The van der Waals surface area contributed by atoms with E-state index < -0.39 is 10.0 Å². The zero-order chi connectivity index (χ0) is 16.3. The minimum atomic E-state index is -3.73. The summed E-state index contributed by atoms with van der Waals surface area (Å²) in [5, 5.41) is 0.458. The van der Waals surface area contributed by atoms with E-state index in [1.165, 1.54) is 23.5 Å². The Labute approximate surface area is 140 Å². The van der Waals surface area contributed by atoms with E-state index >= 15 is 0 Å². The van der Waals surface area contributed by atoms with Crippen LogP contribution in [0.4, 0.5) is 0 Å². The molecule has 0 bridgehead atoms. The predicted octanol–water partition coefficient (Wildman–Crippen LogP) is 3.82. The fourth-order valence-corrected chi connectivity index (χ4v) is 3.85. The molecule has 0 unspecified atom stereocenters. The van der Waals surface area contributed by atoms with Gasteiger partial charge in [0.25, 0.3) is 0 Å². The zero-order valence-corrected chi connectivity index (χ0v) is 14.4. The molecule has 0 saturated heterocycles. The summed E-state index contributed by atoms with van der Waals surface area (Å²) in [5.41, 5.74) is 0.809. The van der Waals surface area contributed by atoms with E-state index in [4.69, 9.17) is 27.9 Å². The molecule has 0 saturated carbocycles. The molecule has 0 aliphatic rings. The number of benzene rings is 2. The predicted molar refractivity (Wildman–Crippen MR) is 88.1 cm³/mol. The third-order valence-corrected chi connectivity index (χ3v) is 5.64. The summed E-state index contributed by atoms with van der Waals surface area (Å²) in [4.78, 5) is -0.00735. The van der Waals surface area contributed by atoms with Crippen molar-refractivity contribution >= 4 is 33.2 Å². The molecule has 4 nitrogen and oxygen atoms in total. The maximum atomic E-state index is 12.6. The van der Waals surface area contributed by atoms with E-state index in [-0.39, 0.29) is 16.5 Å². The summed E-state index contributed by atoms with van der Waals surface area (Å²) in [6.07, 6.45) is 0. The monoisotopic (exact) mass is 359 g/mol. The first-order valence-corrected chi connectivity index (χ1v) is 8.58. The van der Waals surface area contributed by atoms with Gasteiger partial charge in [-0.3, -0.25) is 0 Å². The Kier molecular flexibility index (Phi) is 5.34. The SMILES string of the molecule is COc1cccc(CN(C)S(=O)(=O)c2cc(Cl)ccc2Cl)c1. The second-order valence-electron chi connectivity index (χ2n) is 4.69. The number of ether oxygens (including phenoxy) is 1. The van der Waals surface area contributed by atoms with E-state index in [1.54, 1.807) is 31.4 Å². The lowest BCUT2D eigenvalue weighted by Gasteiger charge is -2.18. The van der Waals surface area contributed by atoms with E-state index in [0.717, 1.165) is 5.56 Å². The summed E-state index contributed by atoms with van der Waals surface area (Å²) in [6.45, 7) is 0.197. The molecule has 7 heteroatoms. The number of nitrogens with zero attached hydrogens (tertiary/aromatic N) is 1. The van der Waals surface area contributed by atoms with Crippen LogP contribution in [0.15, 0.2) is 47.4 Å². The summed E-state index contributed by atoms with van der Waals surface area (Å²) in [7, 11) is -0.681. The Morgan fingerprint density at radius 1 is 1.14 bits per heavy atom. The summed E-state index contributed by atoms with van der Waals surface area (Å²) in [6, 6.07) is 11.6. The molecule has 2 rings (SSSR count). The zero-order valence-electron chi connectivity index (χ0n) is 12.1. The Bertz CT molecular complexity index is 778. The maximum Gasteiger partial charge on any atom is 0.244 e. The smallest absolute Gasteiger partial charge is 0.244 e. The summed E-state index contributed by atoms with van der Waals surface area (Å²) in [5.74, 6) is 0.670. The van der Waals surface area contributed by atoms with Crippen LogP contribution in [0.1, 0.15) is 5.56 Å². The van der Waals surface area contributed by atoms with Crippen LogP contribution >= 0.6 is 23.2 Å². The fourth-order valence-electron chi connectivity index (χ4n) is 1.96. The third kappa shape index (κ3) is 3.73. The van der Waals surface area contributed by atoms with Crippen molar-refractivity contribution in [1.29, 1.82) is 0 Å². The third-order valence-electron chi connectivity index (χ3n) is 3.12.